The van der Waals surface area contributed by atoms with Gasteiger partial charge < -0.3 is 10.5 Å². The first-order valence-corrected chi connectivity index (χ1v) is 7.37. The van der Waals surface area contributed by atoms with E-state index >= 15 is 0 Å². The highest BCUT2D eigenvalue weighted by atomic mass is 16.5. The molecule has 0 spiro atoms. The topological polar surface area (TPSA) is 38.5 Å². The van der Waals surface area contributed by atoms with Gasteiger partial charge in [0.05, 0.1) is 0 Å². The Morgan fingerprint density at radius 3 is 2.71 bits per heavy atom. The second-order valence-electron chi connectivity index (χ2n) is 5.67. The summed E-state index contributed by atoms with van der Waals surface area (Å²) in [4.78, 5) is 2.75. The second kappa shape index (κ2) is 6.17. The molecule has 0 radical (unpaired) electrons. The molecule has 100 valence electrons. The third-order valence-corrected chi connectivity index (χ3v) is 4.66. The lowest BCUT2D eigenvalue weighted by molar-refractivity contribution is -0.0565. The molecular weight excluding hydrogens is 212 g/mol. The van der Waals surface area contributed by atoms with Crippen molar-refractivity contribution in [3.63, 3.8) is 0 Å². The molecule has 2 fully saturated rings. The zero-order chi connectivity index (χ0) is 12.1. The summed E-state index contributed by atoms with van der Waals surface area (Å²) in [6.07, 6.45) is 9.01. The van der Waals surface area contributed by atoms with Crippen molar-refractivity contribution in [2.75, 3.05) is 26.3 Å². The summed E-state index contributed by atoms with van der Waals surface area (Å²) in [5.74, 6) is 0. The molecule has 2 heterocycles. The van der Waals surface area contributed by atoms with Gasteiger partial charge >= 0.3 is 0 Å². The van der Waals surface area contributed by atoms with Gasteiger partial charge in [0.2, 0.25) is 0 Å². The molecule has 17 heavy (non-hydrogen) atoms. The van der Waals surface area contributed by atoms with Crippen LogP contribution < -0.4 is 5.73 Å². The van der Waals surface area contributed by atoms with E-state index in [0.29, 0.717) is 0 Å². The van der Waals surface area contributed by atoms with Crippen LogP contribution in [0.3, 0.4) is 0 Å². The van der Waals surface area contributed by atoms with E-state index in [9.17, 15) is 0 Å². The summed E-state index contributed by atoms with van der Waals surface area (Å²) < 4.78 is 5.53. The number of rotatable bonds is 4. The summed E-state index contributed by atoms with van der Waals surface area (Å²) in [5, 5.41) is 0. The van der Waals surface area contributed by atoms with E-state index in [1.54, 1.807) is 0 Å². The minimum atomic E-state index is 0.249. The summed E-state index contributed by atoms with van der Waals surface area (Å²) >= 11 is 0. The fraction of sp³-hybridized carbons (Fsp3) is 1.00. The molecule has 0 aromatic carbocycles. The van der Waals surface area contributed by atoms with Gasteiger partial charge in [-0.2, -0.15) is 0 Å². The third-order valence-electron chi connectivity index (χ3n) is 4.66. The summed E-state index contributed by atoms with van der Waals surface area (Å²) in [6.45, 7) is 6.14. The Balaban J connectivity index is 2.09. The highest BCUT2D eigenvalue weighted by Crippen LogP contribution is 2.34. The molecule has 0 aliphatic carbocycles. The molecule has 2 rings (SSSR count). The minimum absolute atomic E-state index is 0.249. The van der Waals surface area contributed by atoms with E-state index in [1.807, 2.05) is 0 Å². The molecule has 1 atom stereocenters. The normalized spacial score (nSPS) is 30.4. The summed E-state index contributed by atoms with van der Waals surface area (Å²) in [5.41, 5.74) is 6.38. The second-order valence-corrected chi connectivity index (χ2v) is 5.67. The van der Waals surface area contributed by atoms with Gasteiger partial charge in [0.25, 0.3) is 0 Å². The van der Waals surface area contributed by atoms with Crippen molar-refractivity contribution < 1.29 is 4.74 Å². The van der Waals surface area contributed by atoms with E-state index in [-0.39, 0.29) is 5.54 Å². The van der Waals surface area contributed by atoms with Crippen LogP contribution in [0.2, 0.25) is 0 Å². The number of likely N-dealkylation sites (tertiary alicyclic amines) is 1. The van der Waals surface area contributed by atoms with E-state index in [0.717, 1.165) is 38.6 Å². The van der Waals surface area contributed by atoms with Crippen molar-refractivity contribution in [3.8, 4) is 0 Å². The molecule has 2 aliphatic heterocycles. The molecule has 0 aromatic heterocycles. The van der Waals surface area contributed by atoms with Crippen LogP contribution in [-0.2, 0) is 4.74 Å². The number of hydrogen-bond acceptors (Lipinski definition) is 3. The quantitative estimate of drug-likeness (QED) is 0.818. The molecule has 2 aliphatic rings. The van der Waals surface area contributed by atoms with E-state index < -0.39 is 0 Å². The Bertz CT molecular complexity index is 224. The van der Waals surface area contributed by atoms with Gasteiger partial charge in [-0.25, -0.2) is 0 Å². The van der Waals surface area contributed by atoms with Crippen molar-refractivity contribution in [3.05, 3.63) is 0 Å². The zero-order valence-corrected chi connectivity index (χ0v) is 11.3. The molecule has 0 aromatic rings. The average Bonchev–Trinajstić information content (AvgIpc) is 2.40. The average molecular weight is 240 g/mol. The smallest absolute Gasteiger partial charge is 0.0484 e. The number of nitrogens with zero attached hydrogens (tertiary/aromatic N) is 1. The lowest BCUT2D eigenvalue weighted by Gasteiger charge is -2.51. The molecule has 0 saturated carbocycles. The maximum absolute atomic E-state index is 6.13. The molecular formula is C14H28N2O. The fourth-order valence-electron chi connectivity index (χ4n) is 3.62. The van der Waals surface area contributed by atoms with E-state index in [2.05, 4.69) is 11.8 Å². The fourth-order valence-corrected chi connectivity index (χ4v) is 3.62. The molecule has 3 heteroatoms. The predicted molar refractivity (Wildman–Crippen MR) is 71.1 cm³/mol. The largest absolute Gasteiger partial charge is 0.381 e. The molecule has 3 nitrogen and oxygen atoms in total. The minimum Gasteiger partial charge on any atom is -0.381 e. The Morgan fingerprint density at radius 1 is 1.29 bits per heavy atom. The van der Waals surface area contributed by atoms with Crippen LogP contribution in [0.1, 0.15) is 51.9 Å². The Morgan fingerprint density at radius 2 is 2.06 bits per heavy atom. The van der Waals surface area contributed by atoms with Crippen molar-refractivity contribution >= 4 is 0 Å². The van der Waals surface area contributed by atoms with Crippen LogP contribution in [0.5, 0.6) is 0 Å². The maximum atomic E-state index is 6.13. The number of piperidine rings is 1. The van der Waals surface area contributed by atoms with Gasteiger partial charge in [0.15, 0.2) is 0 Å². The number of hydrogen-bond donors (Lipinski definition) is 1. The third kappa shape index (κ3) is 2.83. The van der Waals surface area contributed by atoms with Gasteiger partial charge in [-0.3, -0.25) is 4.90 Å². The Labute approximate surface area is 106 Å². The molecule has 2 N–H and O–H groups in total. The predicted octanol–water partition coefficient (Wildman–Crippen LogP) is 2.15. The van der Waals surface area contributed by atoms with Gasteiger partial charge in [0, 0.05) is 31.3 Å². The van der Waals surface area contributed by atoms with Gasteiger partial charge in [-0.05, 0) is 38.6 Å². The van der Waals surface area contributed by atoms with Crippen LogP contribution in [-0.4, -0.2) is 42.8 Å². The standard InChI is InChI=1S/C14H28N2O/c1-2-5-13-6-3-4-9-16(13)14(12-15)7-10-17-11-8-14/h13H,2-12,15H2,1H3. The SMILES string of the molecule is CCCC1CCCCN1C1(CN)CCOCC1. The molecule has 2 saturated heterocycles. The van der Waals surface area contributed by atoms with E-state index in [1.165, 1.54) is 38.6 Å². The van der Waals surface area contributed by atoms with Gasteiger partial charge in [-0.1, -0.05) is 19.8 Å². The number of ether oxygens (including phenoxy) is 1. The first-order chi connectivity index (χ1) is 8.32. The van der Waals surface area contributed by atoms with Crippen LogP contribution in [0.4, 0.5) is 0 Å². The van der Waals surface area contributed by atoms with Crippen molar-refractivity contribution in [1.29, 1.82) is 0 Å². The zero-order valence-electron chi connectivity index (χ0n) is 11.3. The molecule has 0 bridgehead atoms. The first-order valence-electron chi connectivity index (χ1n) is 7.37. The van der Waals surface area contributed by atoms with Crippen molar-refractivity contribution in [2.45, 2.75) is 63.5 Å². The summed E-state index contributed by atoms with van der Waals surface area (Å²) in [7, 11) is 0. The monoisotopic (exact) mass is 240 g/mol. The van der Waals surface area contributed by atoms with Crippen molar-refractivity contribution in [2.24, 2.45) is 5.73 Å². The van der Waals surface area contributed by atoms with Crippen LogP contribution >= 0.6 is 0 Å². The van der Waals surface area contributed by atoms with E-state index in [4.69, 9.17) is 10.5 Å². The summed E-state index contributed by atoms with van der Waals surface area (Å²) in [6, 6.07) is 0.774. The van der Waals surface area contributed by atoms with Crippen molar-refractivity contribution in [1.82, 2.24) is 4.90 Å². The van der Waals surface area contributed by atoms with Crippen LogP contribution in [0, 0.1) is 0 Å². The van der Waals surface area contributed by atoms with Gasteiger partial charge in [-0.15, -0.1) is 0 Å². The van der Waals surface area contributed by atoms with Crippen LogP contribution in [0.25, 0.3) is 0 Å². The highest BCUT2D eigenvalue weighted by molar-refractivity contribution is 4.97. The van der Waals surface area contributed by atoms with Crippen LogP contribution in [0.15, 0.2) is 0 Å². The molecule has 1 unspecified atom stereocenters. The Kier molecular flexibility index (Phi) is 4.83. The van der Waals surface area contributed by atoms with Gasteiger partial charge in [0.1, 0.15) is 0 Å². The number of nitrogens with two attached hydrogens (primary N) is 1. The lowest BCUT2D eigenvalue weighted by atomic mass is 9.83. The lowest BCUT2D eigenvalue weighted by Crippen LogP contribution is -2.61. The maximum Gasteiger partial charge on any atom is 0.0484 e. The highest BCUT2D eigenvalue weighted by Gasteiger charge is 2.41. The molecule has 0 amide bonds. The first kappa shape index (κ1) is 13.3. The Hall–Kier alpha value is -0.120.